The molecule has 0 radical (unpaired) electrons. The summed E-state index contributed by atoms with van der Waals surface area (Å²) in [6.45, 7) is 4.41. The zero-order chi connectivity index (χ0) is 23.5. The van der Waals surface area contributed by atoms with Crippen LogP contribution in [0.25, 0.3) is 0 Å². The highest BCUT2D eigenvalue weighted by molar-refractivity contribution is 5.66. The van der Waals surface area contributed by atoms with Gasteiger partial charge < -0.3 is 30.5 Å². The van der Waals surface area contributed by atoms with Crippen molar-refractivity contribution < 1.29 is 23.8 Å². The third-order valence-corrected chi connectivity index (χ3v) is 4.63. The summed E-state index contributed by atoms with van der Waals surface area (Å²) in [5.74, 6) is -0.314. The molecule has 10 nitrogen and oxygen atoms in total. The van der Waals surface area contributed by atoms with Gasteiger partial charge in [0, 0.05) is 31.1 Å². The minimum atomic E-state index is -1.16. The van der Waals surface area contributed by atoms with E-state index in [1.54, 1.807) is 19.2 Å². The molecule has 0 aliphatic rings. The fourth-order valence-corrected chi connectivity index (χ4v) is 3.01. The number of carboxylic acid groups (broad SMARTS) is 1. The number of amides is 1. The molecule has 1 amide bonds. The van der Waals surface area contributed by atoms with Crippen LogP contribution in [0.5, 0.6) is 5.88 Å². The van der Waals surface area contributed by atoms with Crippen LogP contribution >= 0.6 is 0 Å². The molecule has 4 N–H and O–H groups in total. The van der Waals surface area contributed by atoms with E-state index in [0.717, 1.165) is 6.07 Å². The Kier molecular flexibility index (Phi) is 9.43. The Morgan fingerprint density at radius 2 is 2.00 bits per heavy atom. The molecule has 2 aromatic heterocycles. The van der Waals surface area contributed by atoms with Gasteiger partial charge in [0.15, 0.2) is 17.5 Å². The van der Waals surface area contributed by atoms with Crippen LogP contribution in [0.2, 0.25) is 0 Å². The molecule has 172 valence electrons. The second-order valence-corrected chi connectivity index (χ2v) is 6.80. The van der Waals surface area contributed by atoms with Gasteiger partial charge in [0.1, 0.15) is 12.7 Å². The molecule has 0 fully saturated rings. The molecular weight excluding hydrogens is 419 g/mol. The first-order valence-electron chi connectivity index (χ1n) is 10.1. The molecule has 0 unspecified atom stereocenters. The number of hydrogen-bond acceptors (Lipinski definition) is 8. The fraction of sp³-hybridized carbons (Fsp3) is 0.429. The number of halogens is 1. The molecule has 0 saturated carbocycles. The van der Waals surface area contributed by atoms with Crippen molar-refractivity contribution in [2.45, 2.75) is 38.8 Å². The molecule has 2 heterocycles. The highest BCUT2D eigenvalue weighted by Gasteiger charge is 2.23. The van der Waals surface area contributed by atoms with E-state index in [4.69, 9.17) is 14.6 Å². The van der Waals surface area contributed by atoms with Crippen LogP contribution in [0.4, 0.5) is 26.5 Å². The van der Waals surface area contributed by atoms with Gasteiger partial charge in [0.2, 0.25) is 5.88 Å². The lowest BCUT2D eigenvalue weighted by Crippen LogP contribution is -2.46. The number of pyridine rings is 2. The summed E-state index contributed by atoms with van der Waals surface area (Å²) < 4.78 is 25.0. The lowest BCUT2D eigenvalue weighted by Gasteiger charge is -2.27. The van der Waals surface area contributed by atoms with Gasteiger partial charge >= 0.3 is 6.09 Å². The topological polar surface area (TPSA) is 141 Å². The molecule has 0 bridgehead atoms. The zero-order valence-corrected chi connectivity index (χ0v) is 18.2. The van der Waals surface area contributed by atoms with Gasteiger partial charge in [-0.25, -0.2) is 19.2 Å². The number of nitrogens with one attached hydrogen (secondary N) is 3. The van der Waals surface area contributed by atoms with Crippen molar-refractivity contribution in [3.63, 3.8) is 0 Å². The van der Waals surface area contributed by atoms with Crippen molar-refractivity contribution in [1.29, 1.82) is 5.26 Å². The summed E-state index contributed by atoms with van der Waals surface area (Å²) in [5, 5.41) is 26.9. The van der Waals surface area contributed by atoms with E-state index in [2.05, 4.69) is 25.9 Å². The van der Waals surface area contributed by atoms with Crippen LogP contribution in [-0.2, 0) is 4.74 Å². The molecule has 2 aromatic rings. The fourth-order valence-electron chi connectivity index (χ4n) is 3.01. The van der Waals surface area contributed by atoms with Crippen molar-refractivity contribution in [3.8, 4) is 11.9 Å². The van der Waals surface area contributed by atoms with E-state index in [9.17, 15) is 14.4 Å². The largest absolute Gasteiger partial charge is 0.475 e. The Bertz CT molecular complexity index is 952. The maximum absolute atomic E-state index is 14.6. The van der Waals surface area contributed by atoms with Gasteiger partial charge in [-0.2, -0.15) is 5.26 Å². The summed E-state index contributed by atoms with van der Waals surface area (Å²) >= 11 is 0. The smallest absolute Gasteiger partial charge is 0.404 e. The number of aromatic nitrogens is 2. The second-order valence-electron chi connectivity index (χ2n) is 6.80. The van der Waals surface area contributed by atoms with E-state index in [0.29, 0.717) is 37.6 Å². The average molecular weight is 446 g/mol. The van der Waals surface area contributed by atoms with Crippen molar-refractivity contribution in [2.24, 2.45) is 0 Å². The Morgan fingerprint density at radius 1 is 1.25 bits per heavy atom. The Balaban J connectivity index is 2.27. The van der Waals surface area contributed by atoms with Crippen LogP contribution < -0.4 is 20.7 Å². The van der Waals surface area contributed by atoms with Gasteiger partial charge in [-0.15, -0.1) is 0 Å². The Morgan fingerprint density at radius 3 is 2.62 bits per heavy atom. The number of nitriles is 1. The molecule has 0 spiro atoms. The first kappa shape index (κ1) is 24.6. The number of rotatable bonds is 12. The normalized spacial score (nSPS) is 12.3. The number of nitrogens with zero attached hydrogens (tertiary/aromatic N) is 3. The third-order valence-electron chi connectivity index (χ3n) is 4.63. The summed E-state index contributed by atoms with van der Waals surface area (Å²) in [7, 11) is 1.56. The van der Waals surface area contributed by atoms with Crippen molar-refractivity contribution >= 4 is 23.4 Å². The first-order chi connectivity index (χ1) is 15.4. The lowest BCUT2D eigenvalue weighted by molar-refractivity contribution is 0.144. The highest BCUT2D eigenvalue weighted by Crippen LogP contribution is 2.25. The van der Waals surface area contributed by atoms with Crippen LogP contribution in [0.1, 0.15) is 32.3 Å². The Hall–Kier alpha value is -3.65. The van der Waals surface area contributed by atoms with E-state index >= 15 is 0 Å². The van der Waals surface area contributed by atoms with Crippen molar-refractivity contribution in [3.05, 3.63) is 35.8 Å². The van der Waals surface area contributed by atoms with E-state index in [-0.39, 0.29) is 17.2 Å². The van der Waals surface area contributed by atoms with Crippen LogP contribution in [0, 0.1) is 17.1 Å². The predicted octanol–water partition coefficient (Wildman–Crippen LogP) is 3.49. The molecule has 0 aliphatic carbocycles. The van der Waals surface area contributed by atoms with Crippen LogP contribution in [0.15, 0.2) is 24.4 Å². The van der Waals surface area contributed by atoms with Gasteiger partial charge in [-0.1, -0.05) is 13.8 Å². The minimum absolute atomic E-state index is 0.00969. The lowest BCUT2D eigenvalue weighted by atomic mass is 10.0. The van der Waals surface area contributed by atoms with E-state index in [1.807, 2.05) is 19.9 Å². The van der Waals surface area contributed by atoms with Crippen molar-refractivity contribution in [1.82, 2.24) is 15.3 Å². The highest BCUT2D eigenvalue weighted by atomic mass is 19.1. The monoisotopic (exact) mass is 446 g/mol. The van der Waals surface area contributed by atoms with E-state index < -0.39 is 24.0 Å². The molecule has 0 aromatic carbocycles. The number of methoxy groups -OCH3 is 1. The minimum Gasteiger partial charge on any atom is -0.475 e. The van der Waals surface area contributed by atoms with Crippen LogP contribution in [-0.4, -0.2) is 53.6 Å². The third kappa shape index (κ3) is 6.95. The van der Waals surface area contributed by atoms with Gasteiger partial charge in [-0.3, -0.25) is 0 Å². The molecule has 0 saturated heterocycles. The second kappa shape index (κ2) is 12.3. The summed E-state index contributed by atoms with van der Waals surface area (Å²) in [4.78, 5) is 19.4. The first-order valence-corrected chi connectivity index (χ1v) is 10.1. The number of ether oxygens (including phenoxy) is 2. The quantitative estimate of drug-likeness (QED) is 0.360. The van der Waals surface area contributed by atoms with Crippen LogP contribution in [0.3, 0.4) is 0 Å². The predicted molar refractivity (Wildman–Crippen MR) is 117 cm³/mol. The van der Waals surface area contributed by atoms with Crippen molar-refractivity contribution in [2.75, 3.05) is 31.0 Å². The molecule has 0 aliphatic heterocycles. The SMILES string of the molecule is CC[C@H](NC(=O)O)[C@@H](CC)Nc1nc(Nc2ccnc(OCCOC)c2)c(C#N)cc1F. The summed E-state index contributed by atoms with van der Waals surface area (Å²) in [6, 6.07) is 5.42. The maximum Gasteiger partial charge on any atom is 0.404 e. The average Bonchev–Trinajstić information content (AvgIpc) is 2.78. The molecule has 32 heavy (non-hydrogen) atoms. The molecule has 2 rings (SSSR count). The summed E-state index contributed by atoms with van der Waals surface area (Å²) in [6.07, 6.45) is 1.39. The number of anilines is 3. The maximum atomic E-state index is 14.6. The molecule has 11 heteroatoms. The number of hydrogen-bond donors (Lipinski definition) is 4. The Labute approximate surface area is 185 Å². The summed E-state index contributed by atoms with van der Waals surface area (Å²) in [5.41, 5.74) is 0.551. The zero-order valence-electron chi connectivity index (χ0n) is 18.2. The molecule has 2 atom stereocenters. The van der Waals surface area contributed by atoms with Gasteiger partial charge in [-0.05, 0) is 25.0 Å². The van der Waals surface area contributed by atoms with Gasteiger partial charge in [0.05, 0.1) is 18.2 Å². The van der Waals surface area contributed by atoms with E-state index in [1.165, 1.54) is 6.20 Å². The molecular formula is C21H27FN6O4. The number of carbonyl (C=O) groups is 1. The van der Waals surface area contributed by atoms with Gasteiger partial charge in [0.25, 0.3) is 0 Å². The standard InChI is InChI=1S/C21H27FN6O4/c1-4-16(17(5-2)27-21(29)30)26-20-15(22)10-13(12-23)19(28-20)25-14-6-7-24-18(11-14)32-9-8-31-3/h6-7,10-11,16-17,27H,4-5,8-9H2,1-3H3,(H,29,30)(H2,24,25,26,28)/t16-,17+/m1/s1.